The van der Waals surface area contributed by atoms with Crippen LogP contribution in [0.25, 0.3) is 0 Å². The molecule has 0 radical (unpaired) electrons. The van der Waals surface area contributed by atoms with Gasteiger partial charge in [0.05, 0.1) is 6.61 Å². The third-order valence-corrected chi connectivity index (χ3v) is 3.20. The maximum Gasteiger partial charge on any atom is 0.500 e. The van der Waals surface area contributed by atoms with Crippen LogP contribution in [0.2, 0.25) is 0 Å². The molecule has 1 saturated heterocycles. The van der Waals surface area contributed by atoms with Crippen LogP contribution in [0.1, 0.15) is 0 Å². The highest BCUT2D eigenvalue weighted by Crippen LogP contribution is 2.28. The highest BCUT2D eigenvalue weighted by Gasteiger charge is 2.51. The van der Waals surface area contributed by atoms with Crippen molar-refractivity contribution in [1.82, 2.24) is 5.32 Å². The molecule has 1 aliphatic heterocycles. The lowest BCUT2D eigenvalue weighted by atomic mass is 10.5. The van der Waals surface area contributed by atoms with Crippen molar-refractivity contribution in [3.05, 3.63) is 0 Å². The summed E-state index contributed by atoms with van der Waals surface area (Å²) < 4.78 is 61.7. The van der Waals surface area contributed by atoms with Crippen LogP contribution < -0.4 is 5.32 Å². The molecular formula is C5H8F3NO3S. The third kappa shape index (κ3) is 2.12. The highest BCUT2D eigenvalue weighted by atomic mass is 32.2. The number of ether oxygens (including phenoxy) is 1. The lowest BCUT2D eigenvalue weighted by molar-refractivity contribution is -0.0513. The van der Waals surface area contributed by atoms with Gasteiger partial charge in [-0.2, -0.15) is 13.2 Å². The first-order valence-electron chi connectivity index (χ1n) is 3.48. The quantitative estimate of drug-likeness (QED) is 0.667. The Hall–Kier alpha value is -0.340. The predicted molar refractivity (Wildman–Crippen MR) is 37.6 cm³/mol. The van der Waals surface area contributed by atoms with E-state index in [1.807, 2.05) is 0 Å². The highest BCUT2D eigenvalue weighted by molar-refractivity contribution is 7.92. The molecule has 0 aliphatic carbocycles. The van der Waals surface area contributed by atoms with Crippen LogP contribution >= 0.6 is 0 Å². The molecule has 8 heteroatoms. The average Bonchev–Trinajstić information content (AvgIpc) is 2.04. The standard InChI is InChI=1S/C5H8F3NO3S/c6-5(7,8)13(10,11)4-3-9-1-2-12-4/h4,9H,1-3H2. The van der Waals surface area contributed by atoms with Gasteiger partial charge < -0.3 is 10.1 Å². The number of morpholine rings is 1. The summed E-state index contributed by atoms with van der Waals surface area (Å²) in [4.78, 5) is 0. The lowest BCUT2D eigenvalue weighted by Crippen LogP contribution is -2.47. The van der Waals surface area contributed by atoms with Crippen LogP contribution in [0.4, 0.5) is 13.2 Å². The molecule has 78 valence electrons. The van der Waals surface area contributed by atoms with Crippen LogP contribution in [0, 0.1) is 0 Å². The van der Waals surface area contributed by atoms with Crippen molar-refractivity contribution in [2.45, 2.75) is 10.9 Å². The van der Waals surface area contributed by atoms with E-state index >= 15 is 0 Å². The Morgan fingerprint density at radius 3 is 2.38 bits per heavy atom. The largest absolute Gasteiger partial charge is 0.500 e. The molecule has 0 bridgehead atoms. The Kier molecular flexibility index (Phi) is 2.83. The van der Waals surface area contributed by atoms with E-state index in [4.69, 9.17) is 0 Å². The minimum atomic E-state index is -5.24. The fourth-order valence-corrected chi connectivity index (χ4v) is 1.80. The van der Waals surface area contributed by atoms with Gasteiger partial charge in [0.2, 0.25) is 0 Å². The van der Waals surface area contributed by atoms with E-state index in [9.17, 15) is 21.6 Å². The second-order valence-electron chi connectivity index (χ2n) is 2.50. The van der Waals surface area contributed by atoms with Crippen LogP contribution in [-0.4, -0.2) is 39.1 Å². The minimum Gasteiger partial charge on any atom is -0.359 e. The van der Waals surface area contributed by atoms with Gasteiger partial charge in [0.25, 0.3) is 9.84 Å². The van der Waals surface area contributed by atoms with Crippen molar-refractivity contribution in [3.63, 3.8) is 0 Å². The number of halogens is 3. The summed E-state index contributed by atoms with van der Waals surface area (Å²) in [7, 11) is -5.18. The number of hydrogen-bond acceptors (Lipinski definition) is 4. The summed E-state index contributed by atoms with van der Waals surface area (Å²) in [5.41, 5.74) is -7.04. The second-order valence-corrected chi connectivity index (χ2v) is 4.57. The van der Waals surface area contributed by atoms with Crippen LogP contribution in [0.15, 0.2) is 0 Å². The Morgan fingerprint density at radius 2 is 2.00 bits per heavy atom. The van der Waals surface area contributed by atoms with E-state index in [-0.39, 0.29) is 13.2 Å². The number of nitrogens with one attached hydrogen (secondary N) is 1. The summed E-state index contributed by atoms with van der Waals surface area (Å²) in [6.07, 6.45) is 0. The lowest BCUT2D eigenvalue weighted by Gasteiger charge is -2.24. The molecule has 1 unspecified atom stereocenters. The Bertz CT molecular complexity index is 267. The molecule has 1 heterocycles. The molecule has 13 heavy (non-hydrogen) atoms. The fraction of sp³-hybridized carbons (Fsp3) is 1.00. The van der Waals surface area contributed by atoms with Crippen molar-refractivity contribution in [2.24, 2.45) is 0 Å². The van der Waals surface area contributed by atoms with E-state index < -0.39 is 20.8 Å². The fourth-order valence-electron chi connectivity index (χ4n) is 0.890. The van der Waals surface area contributed by atoms with Gasteiger partial charge in [-0.25, -0.2) is 8.42 Å². The van der Waals surface area contributed by atoms with Gasteiger partial charge in [-0.05, 0) is 0 Å². The van der Waals surface area contributed by atoms with Crippen LogP contribution in [0.3, 0.4) is 0 Å². The summed E-state index contributed by atoms with van der Waals surface area (Å²) in [6, 6.07) is 0. The van der Waals surface area contributed by atoms with Gasteiger partial charge in [-0.1, -0.05) is 0 Å². The van der Waals surface area contributed by atoms with Crippen LogP contribution in [0.5, 0.6) is 0 Å². The second kappa shape index (κ2) is 3.43. The summed E-state index contributed by atoms with van der Waals surface area (Å²) in [5, 5.41) is 2.51. The van der Waals surface area contributed by atoms with Gasteiger partial charge in [-0.15, -0.1) is 0 Å². The van der Waals surface area contributed by atoms with Crippen molar-refractivity contribution < 1.29 is 26.3 Å². The number of hydrogen-bond donors (Lipinski definition) is 1. The van der Waals surface area contributed by atoms with Gasteiger partial charge in [0.1, 0.15) is 0 Å². The van der Waals surface area contributed by atoms with Crippen LogP contribution in [-0.2, 0) is 14.6 Å². The first kappa shape index (κ1) is 10.7. The molecule has 4 nitrogen and oxygen atoms in total. The SMILES string of the molecule is O=S(=O)(C1CNCCO1)C(F)(F)F. The van der Waals surface area contributed by atoms with Crippen molar-refractivity contribution in [2.75, 3.05) is 19.7 Å². The number of rotatable bonds is 1. The summed E-state index contributed by atoms with van der Waals surface area (Å²) in [6.45, 7) is 0.0195. The van der Waals surface area contributed by atoms with E-state index in [2.05, 4.69) is 10.1 Å². The summed E-state index contributed by atoms with van der Waals surface area (Å²) in [5.74, 6) is 0. The zero-order chi connectivity index (χ0) is 10.1. The molecule has 1 fully saturated rings. The van der Waals surface area contributed by atoms with E-state index in [0.29, 0.717) is 6.54 Å². The topological polar surface area (TPSA) is 55.4 Å². The maximum atomic E-state index is 11.9. The maximum absolute atomic E-state index is 11.9. The first-order valence-corrected chi connectivity index (χ1v) is 5.03. The monoisotopic (exact) mass is 219 g/mol. The van der Waals surface area contributed by atoms with Gasteiger partial charge in [0, 0.05) is 13.1 Å². The molecule has 0 amide bonds. The smallest absolute Gasteiger partial charge is 0.359 e. The molecule has 0 aromatic carbocycles. The Balaban J connectivity index is 2.80. The van der Waals surface area contributed by atoms with Crippen molar-refractivity contribution in [3.8, 4) is 0 Å². The molecule has 1 aliphatic rings. The normalized spacial score (nSPS) is 25.9. The van der Waals surface area contributed by atoms with Crippen molar-refractivity contribution in [1.29, 1.82) is 0 Å². The minimum absolute atomic E-state index is 0.0278. The average molecular weight is 219 g/mol. The van der Waals surface area contributed by atoms with Gasteiger partial charge in [0.15, 0.2) is 5.44 Å². The van der Waals surface area contributed by atoms with Crippen molar-refractivity contribution >= 4 is 9.84 Å². The molecule has 1 rings (SSSR count). The molecule has 0 spiro atoms. The van der Waals surface area contributed by atoms with Gasteiger partial charge in [-0.3, -0.25) is 0 Å². The third-order valence-electron chi connectivity index (χ3n) is 1.56. The zero-order valence-electron chi connectivity index (χ0n) is 6.47. The predicted octanol–water partition coefficient (Wildman–Crippen LogP) is -0.133. The number of alkyl halides is 3. The Morgan fingerprint density at radius 1 is 1.38 bits per heavy atom. The van der Waals surface area contributed by atoms with E-state index in [1.54, 1.807) is 0 Å². The Labute approximate surface area is 73.0 Å². The number of sulfone groups is 1. The molecule has 0 aromatic rings. The van der Waals surface area contributed by atoms with E-state index in [1.165, 1.54) is 0 Å². The summed E-state index contributed by atoms with van der Waals surface area (Å²) >= 11 is 0. The zero-order valence-corrected chi connectivity index (χ0v) is 7.28. The molecule has 0 saturated carbocycles. The molecule has 1 atom stereocenters. The van der Waals surface area contributed by atoms with Gasteiger partial charge >= 0.3 is 5.51 Å². The van der Waals surface area contributed by atoms with E-state index in [0.717, 1.165) is 0 Å². The first-order chi connectivity index (χ1) is 5.86. The molecule has 1 N–H and O–H groups in total. The molecule has 0 aromatic heterocycles. The molecular weight excluding hydrogens is 211 g/mol.